The van der Waals surface area contributed by atoms with Gasteiger partial charge in [-0.15, -0.1) is 24.0 Å². The van der Waals surface area contributed by atoms with Crippen LogP contribution in [0.1, 0.15) is 25.8 Å². The minimum Gasteiger partial charge on any atom is -0.491 e. The molecule has 26 heavy (non-hydrogen) atoms. The first-order chi connectivity index (χ1) is 11.8. The van der Waals surface area contributed by atoms with E-state index in [1.807, 2.05) is 6.92 Å². The number of nitrogens with one attached hydrogen (secondary N) is 2. The van der Waals surface area contributed by atoms with Gasteiger partial charge in [0.25, 0.3) is 0 Å². The maximum absolute atomic E-state index is 12.6. The van der Waals surface area contributed by atoms with Gasteiger partial charge in [0.15, 0.2) is 5.96 Å². The summed E-state index contributed by atoms with van der Waals surface area (Å²) >= 11 is 0. The molecule has 0 aliphatic heterocycles. The van der Waals surface area contributed by atoms with Crippen LogP contribution in [0.5, 0.6) is 5.75 Å². The predicted molar refractivity (Wildman–Crippen MR) is 105 cm³/mol. The highest BCUT2D eigenvalue weighted by molar-refractivity contribution is 14.0. The van der Waals surface area contributed by atoms with Gasteiger partial charge < -0.3 is 20.5 Å². The average molecular weight is 487 g/mol. The molecule has 0 amide bonds. The van der Waals surface area contributed by atoms with E-state index in [0.717, 1.165) is 18.6 Å². The van der Waals surface area contributed by atoms with Crippen LogP contribution < -0.4 is 15.4 Å². The van der Waals surface area contributed by atoms with Crippen molar-refractivity contribution in [2.24, 2.45) is 10.9 Å². The second-order valence-corrected chi connectivity index (χ2v) is 6.17. The molecule has 1 saturated carbocycles. The maximum Gasteiger partial charge on any atom is 0.416 e. The first kappa shape index (κ1) is 22.8. The molecule has 5 nitrogen and oxygen atoms in total. The van der Waals surface area contributed by atoms with E-state index in [9.17, 15) is 18.3 Å². The summed E-state index contributed by atoms with van der Waals surface area (Å²) in [4.78, 5) is 4.28. The fourth-order valence-electron chi connectivity index (χ4n) is 2.22. The van der Waals surface area contributed by atoms with Gasteiger partial charge in [-0.25, -0.2) is 0 Å². The molecule has 0 aromatic heterocycles. The van der Waals surface area contributed by atoms with Gasteiger partial charge in [-0.3, -0.25) is 4.99 Å². The van der Waals surface area contributed by atoms with E-state index in [4.69, 9.17) is 4.74 Å². The minimum absolute atomic E-state index is 0. The topological polar surface area (TPSA) is 65.9 Å². The molecule has 0 bridgehead atoms. The van der Waals surface area contributed by atoms with Crippen LogP contribution in [-0.2, 0) is 6.18 Å². The molecule has 1 aromatic carbocycles. The summed E-state index contributed by atoms with van der Waals surface area (Å²) in [6.07, 6.45) is -4.25. The number of aliphatic hydroxyl groups is 1. The first-order valence-electron chi connectivity index (χ1n) is 8.32. The Kier molecular flexibility index (Phi) is 8.94. The molecular formula is C17H25F3IN3O2. The van der Waals surface area contributed by atoms with E-state index in [-0.39, 0.29) is 42.9 Å². The summed E-state index contributed by atoms with van der Waals surface area (Å²) < 4.78 is 43.2. The minimum atomic E-state index is -4.42. The van der Waals surface area contributed by atoms with E-state index in [1.54, 1.807) is 0 Å². The van der Waals surface area contributed by atoms with Crippen molar-refractivity contribution in [3.05, 3.63) is 29.8 Å². The fourth-order valence-corrected chi connectivity index (χ4v) is 2.22. The summed E-state index contributed by atoms with van der Waals surface area (Å²) in [5, 5.41) is 16.3. The van der Waals surface area contributed by atoms with Gasteiger partial charge in [-0.2, -0.15) is 13.2 Å². The zero-order chi connectivity index (χ0) is 18.4. The lowest BCUT2D eigenvalue weighted by Crippen LogP contribution is -2.40. The number of hydrogen-bond donors (Lipinski definition) is 3. The van der Waals surface area contributed by atoms with Crippen LogP contribution in [0, 0.1) is 5.92 Å². The monoisotopic (exact) mass is 487 g/mol. The second-order valence-electron chi connectivity index (χ2n) is 6.17. The summed E-state index contributed by atoms with van der Waals surface area (Å²) in [7, 11) is 0. The number of hydrogen-bond acceptors (Lipinski definition) is 3. The Balaban J connectivity index is 0.00000338. The third kappa shape index (κ3) is 7.56. The Hall–Kier alpha value is -1.23. The summed E-state index contributed by atoms with van der Waals surface area (Å²) in [6, 6.07) is 4.98. The standard InChI is InChI=1S/C17H24F3N3O2.HI/c1-3-21-16(23-15-7-11(15)2)22-9-13(24)10-25-14-6-4-5-12(8-14)17(18,19)20;/h4-6,8,11,13,15,24H,3,7,9-10H2,1-2H3,(H2,21,22,23);1H. The number of halogens is 4. The Morgan fingerprint density at radius 1 is 1.42 bits per heavy atom. The molecular weight excluding hydrogens is 462 g/mol. The molecule has 0 heterocycles. The SMILES string of the molecule is CCNC(=NCC(O)COc1cccc(C(F)(F)F)c1)NC1CC1C.I. The molecule has 0 saturated heterocycles. The van der Waals surface area contributed by atoms with Crippen LogP contribution in [0.4, 0.5) is 13.2 Å². The van der Waals surface area contributed by atoms with E-state index < -0.39 is 17.8 Å². The van der Waals surface area contributed by atoms with Crippen molar-refractivity contribution in [3.8, 4) is 5.75 Å². The highest BCUT2D eigenvalue weighted by atomic mass is 127. The maximum atomic E-state index is 12.6. The molecule has 3 atom stereocenters. The molecule has 1 aliphatic rings. The number of guanidine groups is 1. The normalized spacial score (nSPS) is 20.8. The highest BCUT2D eigenvalue weighted by Gasteiger charge is 2.33. The van der Waals surface area contributed by atoms with Crippen LogP contribution >= 0.6 is 24.0 Å². The number of alkyl halides is 3. The Bertz CT molecular complexity index is 599. The zero-order valence-corrected chi connectivity index (χ0v) is 17.0. The Morgan fingerprint density at radius 3 is 2.69 bits per heavy atom. The Labute approximate surface area is 168 Å². The predicted octanol–water partition coefficient (Wildman–Crippen LogP) is 3.03. The van der Waals surface area contributed by atoms with Crippen molar-refractivity contribution in [1.82, 2.24) is 10.6 Å². The van der Waals surface area contributed by atoms with Gasteiger partial charge in [0.05, 0.1) is 12.1 Å². The number of aliphatic imine (C=N–C) groups is 1. The lowest BCUT2D eigenvalue weighted by molar-refractivity contribution is -0.137. The molecule has 2 rings (SSSR count). The molecule has 3 unspecified atom stereocenters. The molecule has 0 spiro atoms. The third-order valence-electron chi connectivity index (χ3n) is 3.84. The first-order valence-corrected chi connectivity index (χ1v) is 8.32. The summed E-state index contributed by atoms with van der Waals surface area (Å²) in [5.41, 5.74) is -0.783. The number of rotatable bonds is 7. The molecule has 148 valence electrons. The Morgan fingerprint density at radius 2 is 2.12 bits per heavy atom. The number of benzene rings is 1. The summed E-state index contributed by atoms with van der Waals surface area (Å²) in [5.74, 6) is 1.29. The van der Waals surface area contributed by atoms with Crippen molar-refractivity contribution in [2.75, 3.05) is 19.7 Å². The van der Waals surface area contributed by atoms with Gasteiger partial charge in [-0.05, 0) is 37.5 Å². The number of nitrogens with zero attached hydrogens (tertiary/aromatic N) is 1. The van der Waals surface area contributed by atoms with Crippen LogP contribution in [0.3, 0.4) is 0 Å². The van der Waals surface area contributed by atoms with Gasteiger partial charge in [0.1, 0.15) is 18.5 Å². The van der Waals surface area contributed by atoms with Gasteiger partial charge in [-0.1, -0.05) is 13.0 Å². The van der Waals surface area contributed by atoms with Crippen molar-refractivity contribution in [2.45, 2.75) is 38.6 Å². The van der Waals surface area contributed by atoms with E-state index in [1.165, 1.54) is 12.1 Å². The van der Waals surface area contributed by atoms with E-state index >= 15 is 0 Å². The molecule has 1 aromatic rings. The lowest BCUT2D eigenvalue weighted by Gasteiger charge is -2.14. The van der Waals surface area contributed by atoms with Crippen molar-refractivity contribution in [1.29, 1.82) is 0 Å². The molecule has 9 heteroatoms. The smallest absolute Gasteiger partial charge is 0.416 e. The second kappa shape index (κ2) is 10.2. The molecule has 1 fully saturated rings. The van der Waals surface area contributed by atoms with Gasteiger partial charge in [0, 0.05) is 12.6 Å². The van der Waals surface area contributed by atoms with Crippen LogP contribution in [0.15, 0.2) is 29.3 Å². The van der Waals surface area contributed by atoms with Crippen LogP contribution in [-0.4, -0.2) is 42.9 Å². The summed E-state index contributed by atoms with van der Waals surface area (Å²) in [6.45, 7) is 4.74. The van der Waals surface area contributed by atoms with Crippen molar-refractivity contribution >= 4 is 29.9 Å². The largest absolute Gasteiger partial charge is 0.491 e. The number of aliphatic hydroxyl groups excluding tert-OH is 1. The molecule has 0 radical (unpaired) electrons. The van der Waals surface area contributed by atoms with Crippen molar-refractivity contribution < 1.29 is 23.0 Å². The fraction of sp³-hybridized carbons (Fsp3) is 0.588. The quantitative estimate of drug-likeness (QED) is 0.315. The zero-order valence-electron chi connectivity index (χ0n) is 14.7. The third-order valence-corrected chi connectivity index (χ3v) is 3.84. The number of ether oxygens (including phenoxy) is 1. The molecule has 3 N–H and O–H groups in total. The highest BCUT2D eigenvalue weighted by Crippen LogP contribution is 2.31. The van der Waals surface area contributed by atoms with E-state index in [0.29, 0.717) is 24.5 Å². The van der Waals surface area contributed by atoms with Gasteiger partial charge in [0.2, 0.25) is 0 Å². The lowest BCUT2D eigenvalue weighted by atomic mass is 10.2. The van der Waals surface area contributed by atoms with Crippen LogP contribution in [0.2, 0.25) is 0 Å². The van der Waals surface area contributed by atoms with E-state index in [2.05, 4.69) is 22.5 Å². The van der Waals surface area contributed by atoms with Crippen molar-refractivity contribution in [3.63, 3.8) is 0 Å². The van der Waals surface area contributed by atoms with Gasteiger partial charge >= 0.3 is 6.18 Å². The average Bonchev–Trinajstić information content (AvgIpc) is 3.25. The van der Waals surface area contributed by atoms with Crippen LogP contribution in [0.25, 0.3) is 0 Å². The molecule has 1 aliphatic carbocycles.